The van der Waals surface area contributed by atoms with Gasteiger partial charge in [0.2, 0.25) is 0 Å². The highest BCUT2D eigenvalue weighted by Crippen LogP contribution is 2.48. The van der Waals surface area contributed by atoms with Crippen molar-refractivity contribution in [2.75, 3.05) is 0 Å². The molecule has 0 amide bonds. The number of aliphatic hydroxyl groups excluding tert-OH is 1. The third kappa shape index (κ3) is 2.53. The molecule has 0 fully saturated rings. The zero-order valence-electron chi connectivity index (χ0n) is 7.58. The van der Waals surface area contributed by atoms with Gasteiger partial charge >= 0.3 is 18.0 Å². The van der Waals surface area contributed by atoms with Gasteiger partial charge in [-0.05, 0) is 6.42 Å². The van der Waals surface area contributed by atoms with E-state index in [1.807, 2.05) is 0 Å². The molecule has 1 nitrogen and oxygen atoms in total. The summed E-state index contributed by atoms with van der Waals surface area (Å²) < 4.78 is 84.4. The maximum absolute atomic E-state index is 12.6. The first-order valence-electron chi connectivity index (χ1n) is 3.99. The summed E-state index contributed by atoms with van der Waals surface area (Å²) in [7, 11) is 0. The number of aliphatic hydroxyl groups is 1. The largest absolute Gasteiger partial charge is 0.459 e. The first kappa shape index (κ1) is 14.5. The molecule has 0 aromatic heterocycles. The first-order valence-corrected chi connectivity index (χ1v) is 3.99. The Kier molecular flexibility index (Phi) is 4.00. The predicted octanol–water partition coefficient (Wildman–Crippen LogP) is 2.98. The second-order valence-electron chi connectivity index (χ2n) is 3.00. The van der Waals surface area contributed by atoms with Crippen molar-refractivity contribution in [3.63, 3.8) is 0 Å². The van der Waals surface area contributed by atoms with Crippen molar-refractivity contribution in [3.8, 4) is 0 Å². The molecule has 1 N–H and O–H groups in total. The van der Waals surface area contributed by atoms with Crippen LogP contribution in [0.1, 0.15) is 19.8 Å². The Morgan fingerprint density at radius 1 is 1.00 bits per heavy atom. The van der Waals surface area contributed by atoms with Crippen LogP contribution in [0.5, 0.6) is 0 Å². The van der Waals surface area contributed by atoms with Crippen LogP contribution in [0, 0.1) is 0 Å². The second kappa shape index (κ2) is 4.15. The molecular weight excluding hydrogens is 233 g/mol. The van der Waals surface area contributed by atoms with Gasteiger partial charge in [-0.25, -0.2) is 0 Å². The van der Waals surface area contributed by atoms with Crippen molar-refractivity contribution in [2.24, 2.45) is 0 Å². The van der Waals surface area contributed by atoms with Gasteiger partial charge in [0.25, 0.3) is 0 Å². The van der Waals surface area contributed by atoms with Crippen molar-refractivity contribution in [3.05, 3.63) is 0 Å². The molecule has 0 aliphatic rings. The van der Waals surface area contributed by atoms with Gasteiger partial charge in [0.05, 0.1) is 0 Å². The van der Waals surface area contributed by atoms with Crippen LogP contribution in [0.4, 0.5) is 30.7 Å². The van der Waals surface area contributed by atoms with Crippen molar-refractivity contribution in [1.82, 2.24) is 0 Å². The summed E-state index contributed by atoms with van der Waals surface area (Å²) in [4.78, 5) is 0. The van der Waals surface area contributed by atoms with Crippen molar-refractivity contribution < 1.29 is 35.8 Å². The molecule has 15 heavy (non-hydrogen) atoms. The fourth-order valence-corrected chi connectivity index (χ4v) is 0.853. The molecular formula is C7H9F7O. The van der Waals surface area contributed by atoms with Crippen molar-refractivity contribution >= 4 is 0 Å². The van der Waals surface area contributed by atoms with E-state index in [0.717, 1.165) is 0 Å². The van der Waals surface area contributed by atoms with Gasteiger partial charge in [0, 0.05) is 0 Å². The lowest BCUT2D eigenvalue weighted by molar-refractivity contribution is -0.371. The topological polar surface area (TPSA) is 20.2 Å². The van der Waals surface area contributed by atoms with E-state index in [0.29, 0.717) is 0 Å². The molecule has 92 valence electrons. The summed E-state index contributed by atoms with van der Waals surface area (Å²) in [6, 6.07) is 0. The van der Waals surface area contributed by atoms with Crippen LogP contribution in [0.25, 0.3) is 0 Å². The molecule has 0 bridgehead atoms. The van der Waals surface area contributed by atoms with Gasteiger partial charge in [0.15, 0.2) is 0 Å². The zero-order valence-corrected chi connectivity index (χ0v) is 7.58. The van der Waals surface area contributed by atoms with Crippen LogP contribution < -0.4 is 0 Å². The SMILES string of the molecule is CCC[C@H](O)C(F)(F)C(F)(F)C(F)(F)F. The molecule has 0 aliphatic carbocycles. The first-order chi connectivity index (χ1) is 6.48. The Labute approximate surface area is 80.9 Å². The molecule has 0 saturated carbocycles. The molecule has 0 unspecified atom stereocenters. The summed E-state index contributed by atoms with van der Waals surface area (Å²) in [5, 5.41) is 8.55. The Morgan fingerprint density at radius 3 is 1.67 bits per heavy atom. The lowest BCUT2D eigenvalue weighted by Crippen LogP contribution is -2.57. The maximum atomic E-state index is 12.6. The fourth-order valence-electron chi connectivity index (χ4n) is 0.853. The fraction of sp³-hybridized carbons (Fsp3) is 1.00. The van der Waals surface area contributed by atoms with E-state index in [4.69, 9.17) is 5.11 Å². The molecule has 0 radical (unpaired) electrons. The minimum atomic E-state index is -6.38. The Balaban J connectivity index is 5.00. The van der Waals surface area contributed by atoms with E-state index in [-0.39, 0.29) is 6.42 Å². The predicted molar refractivity (Wildman–Crippen MR) is 36.9 cm³/mol. The molecule has 0 rings (SSSR count). The average molecular weight is 242 g/mol. The monoisotopic (exact) mass is 242 g/mol. The van der Waals surface area contributed by atoms with Crippen LogP contribution in [0.15, 0.2) is 0 Å². The van der Waals surface area contributed by atoms with E-state index >= 15 is 0 Å². The second-order valence-corrected chi connectivity index (χ2v) is 3.00. The minimum Gasteiger partial charge on any atom is -0.387 e. The Bertz CT molecular complexity index is 210. The highest BCUT2D eigenvalue weighted by atomic mass is 19.4. The number of alkyl halides is 7. The summed E-state index contributed by atoms with van der Waals surface area (Å²) in [6.07, 6.45) is -10.4. The highest BCUT2D eigenvalue weighted by Gasteiger charge is 2.75. The molecule has 0 aromatic carbocycles. The Morgan fingerprint density at radius 2 is 1.40 bits per heavy atom. The molecule has 0 heterocycles. The zero-order chi connectivity index (χ0) is 12.5. The van der Waals surface area contributed by atoms with Gasteiger partial charge in [0.1, 0.15) is 6.10 Å². The van der Waals surface area contributed by atoms with E-state index in [1.54, 1.807) is 0 Å². The standard InChI is InChI=1S/C7H9F7O/c1-2-3-4(15)5(8,9)6(10,11)7(12,13)14/h4,15H,2-3H2,1H3/t4-/m0/s1. The quantitative estimate of drug-likeness (QED) is 0.751. The van der Waals surface area contributed by atoms with E-state index in [9.17, 15) is 30.7 Å². The summed E-state index contributed by atoms with van der Waals surface area (Å²) in [6.45, 7) is 1.27. The van der Waals surface area contributed by atoms with Gasteiger partial charge in [-0.2, -0.15) is 30.7 Å². The highest BCUT2D eigenvalue weighted by molar-refractivity contribution is 4.95. The summed E-state index contributed by atoms with van der Waals surface area (Å²) in [5.74, 6) is -11.7. The van der Waals surface area contributed by atoms with E-state index in [1.165, 1.54) is 6.92 Å². The number of hydrogen-bond acceptors (Lipinski definition) is 1. The average Bonchev–Trinajstić information content (AvgIpc) is 2.02. The van der Waals surface area contributed by atoms with Gasteiger partial charge in [-0.1, -0.05) is 13.3 Å². The van der Waals surface area contributed by atoms with Crippen LogP contribution in [-0.2, 0) is 0 Å². The van der Waals surface area contributed by atoms with Crippen LogP contribution in [-0.4, -0.2) is 29.2 Å². The molecule has 1 atom stereocenters. The maximum Gasteiger partial charge on any atom is 0.459 e. The number of halogens is 7. The molecule has 0 saturated heterocycles. The van der Waals surface area contributed by atoms with Gasteiger partial charge in [-0.15, -0.1) is 0 Å². The van der Waals surface area contributed by atoms with E-state index < -0.39 is 30.5 Å². The van der Waals surface area contributed by atoms with E-state index in [2.05, 4.69) is 0 Å². The van der Waals surface area contributed by atoms with Gasteiger partial charge in [-0.3, -0.25) is 0 Å². The van der Waals surface area contributed by atoms with Crippen LogP contribution >= 0.6 is 0 Å². The summed E-state index contributed by atoms with van der Waals surface area (Å²) >= 11 is 0. The van der Waals surface area contributed by atoms with Crippen LogP contribution in [0.3, 0.4) is 0 Å². The minimum absolute atomic E-state index is 0.134. The lowest BCUT2D eigenvalue weighted by atomic mass is 10.0. The Hall–Kier alpha value is -0.530. The molecule has 0 spiro atoms. The third-order valence-corrected chi connectivity index (χ3v) is 1.76. The number of rotatable bonds is 4. The number of hydrogen-bond donors (Lipinski definition) is 1. The van der Waals surface area contributed by atoms with Crippen molar-refractivity contribution in [2.45, 2.75) is 43.9 Å². The lowest BCUT2D eigenvalue weighted by Gasteiger charge is -2.31. The summed E-state index contributed by atoms with van der Waals surface area (Å²) in [5.41, 5.74) is 0. The van der Waals surface area contributed by atoms with Gasteiger partial charge < -0.3 is 5.11 Å². The third-order valence-electron chi connectivity index (χ3n) is 1.76. The van der Waals surface area contributed by atoms with Crippen molar-refractivity contribution in [1.29, 1.82) is 0 Å². The molecule has 0 aliphatic heterocycles. The molecule has 0 aromatic rings. The normalized spacial score (nSPS) is 16.6. The molecule has 8 heteroatoms. The van der Waals surface area contributed by atoms with Crippen LogP contribution in [0.2, 0.25) is 0 Å². The smallest absolute Gasteiger partial charge is 0.387 e.